The van der Waals surface area contributed by atoms with Gasteiger partial charge in [-0.3, -0.25) is 0 Å². The van der Waals surface area contributed by atoms with Crippen molar-refractivity contribution in [1.82, 2.24) is 14.5 Å². The maximum Gasteiger partial charge on any atom is 0.347 e. The molecule has 0 saturated carbocycles. The zero-order valence-electron chi connectivity index (χ0n) is 12.7. The molecule has 2 heterocycles. The van der Waals surface area contributed by atoms with Gasteiger partial charge in [-0.05, 0) is 24.0 Å². The molecule has 7 nitrogen and oxygen atoms in total. The Morgan fingerprint density at radius 1 is 1.48 bits per heavy atom. The summed E-state index contributed by atoms with van der Waals surface area (Å²) in [6.45, 7) is 3.24. The van der Waals surface area contributed by atoms with E-state index in [1.165, 1.54) is 10.8 Å². The van der Waals surface area contributed by atoms with Crippen molar-refractivity contribution in [2.45, 2.75) is 20.0 Å². The van der Waals surface area contributed by atoms with Crippen LogP contribution < -0.4 is 0 Å². The molecule has 0 radical (unpaired) electrons. The zero-order chi connectivity index (χ0) is 16.6. The minimum atomic E-state index is -0.893. The van der Waals surface area contributed by atoms with Gasteiger partial charge in [-0.15, -0.1) is 0 Å². The highest BCUT2D eigenvalue weighted by Gasteiger charge is 2.24. The van der Waals surface area contributed by atoms with Crippen molar-refractivity contribution in [2.75, 3.05) is 0 Å². The van der Waals surface area contributed by atoms with E-state index in [0.29, 0.717) is 11.5 Å². The molecule has 0 fully saturated rings. The van der Waals surface area contributed by atoms with Crippen LogP contribution in [0.1, 0.15) is 18.3 Å². The van der Waals surface area contributed by atoms with Crippen molar-refractivity contribution in [3.05, 3.63) is 58.2 Å². The Kier molecular flexibility index (Phi) is 3.71. The highest BCUT2D eigenvalue weighted by molar-refractivity contribution is 5.92. The Morgan fingerprint density at radius 2 is 2.22 bits per heavy atom. The molecule has 0 bridgehead atoms. The number of H-pyrrole nitrogens is 1. The van der Waals surface area contributed by atoms with Gasteiger partial charge in [-0.1, -0.05) is 18.2 Å². The Hall–Kier alpha value is -2.93. The molecule has 7 heteroatoms. The molecule has 118 valence electrons. The molecule has 3 rings (SSSR count). The van der Waals surface area contributed by atoms with Gasteiger partial charge in [-0.2, -0.15) is 4.57 Å². The SMILES string of the molecule is Cc1ncc([N+](=O)[O-])n1/C(=C/c1c[nH]c2ccccc12)C(C)O. The van der Waals surface area contributed by atoms with Gasteiger partial charge >= 0.3 is 5.82 Å². The van der Waals surface area contributed by atoms with Crippen LogP contribution in [0.2, 0.25) is 0 Å². The van der Waals surface area contributed by atoms with Gasteiger partial charge in [0.25, 0.3) is 0 Å². The average Bonchev–Trinajstić information content (AvgIpc) is 3.08. The molecule has 0 aliphatic carbocycles. The fourth-order valence-electron chi connectivity index (χ4n) is 2.62. The molecule has 1 unspecified atom stereocenters. The number of nitro groups is 1. The maximum absolute atomic E-state index is 11.2. The molecule has 0 spiro atoms. The molecule has 0 amide bonds. The second kappa shape index (κ2) is 5.69. The Labute approximate surface area is 132 Å². The van der Waals surface area contributed by atoms with Crippen LogP contribution in [0.4, 0.5) is 5.82 Å². The van der Waals surface area contributed by atoms with Crippen LogP contribution in [0, 0.1) is 17.0 Å². The lowest BCUT2D eigenvalue weighted by atomic mass is 10.1. The molecule has 0 aliphatic rings. The first kappa shape index (κ1) is 15.0. The van der Waals surface area contributed by atoms with Gasteiger partial charge in [0, 0.05) is 29.6 Å². The summed E-state index contributed by atoms with van der Waals surface area (Å²) < 4.78 is 1.37. The highest BCUT2D eigenvalue weighted by Crippen LogP contribution is 2.27. The Morgan fingerprint density at radius 3 is 2.91 bits per heavy atom. The molecule has 1 aromatic carbocycles. The van der Waals surface area contributed by atoms with E-state index in [4.69, 9.17) is 0 Å². The number of aliphatic hydroxyl groups excluding tert-OH is 1. The number of nitrogens with one attached hydrogen (secondary N) is 1. The smallest absolute Gasteiger partial charge is 0.347 e. The summed E-state index contributed by atoms with van der Waals surface area (Å²) in [5, 5.41) is 22.3. The lowest BCUT2D eigenvalue weighted by molar-refractivity contribution is -0.391. The molecular formula is C16H16N4O3. The molecule has 3 aromatic rings. The average molecular weight is 312 g/mol. The van der Waals surface area contributed by atoms with E-state index in [2.05, 4.69) is 9.97 Å². The summed E-state index contributed by atoms with van der Waals surface area (Å²) in [6, 6.07) is 7.74. The number of aliphatic hydroxyl groups is 1. The van der Waals surface area contributed by atoms with Crippen LogP contribution in [0.3, 0.4) is 0 Å². The number of para-hydroxylation sites is 1. The molecule has 2 aromatic heterocycles. The quantitative estimate of drug-likeness (QED) is 0.571. The number of benzene rings is 1. The van der Waals surface area contributed by atoms with Gasteiger partial charge in [-0.25, -0.2) is 4.98 Å². The highest BCUT2D eigenvalue weighted by atomic mass is 16.6. The van der Waals surface area contributed by atoms with Gasteiger partial charge in [0.2, 0.25) is 0 Å². The Balaban J connectivity index is 2.20. The van der Waals surface area contributed by atoms with E-state index in [1.807, 2.05) is 30.5 Å². The summed E-state index contributed by atoms with van der Waals surface area (Å²) in [5.41, 5.74) is 2.20. The summed E-state index contributed by atoms with van der Waals surface area (Å²) in [4.78, 5) is 17.8. The first-order chi connectivity index (χ1) is 11.0. The standard InChI is InChI=1S/C16H16N4O3/c1-10(21)15(19-11(2)17-9-16(19)20(22)23)7-12-8-18-14-6-4-3-5-13(12)14/h3-10,18,21H,1-2H3/b15-7+. The fraction of sp³-hybridized carbons (Fsp3) is 0.188. The van der Waals surface area contributed by atoms with Crippen LogP contribution in [0.25, 0.3) is 22.7 Å². The zero-order valence-corrected chi connectivity index (χ0v) is 12.7. The van der Waals surface area contributed by atoms with Gasteiger partial charge in [0.1, 0.15) is 18.0 Å². The van der Waals surface area contributed by atoms with E-state index in [0.717, 1.165) is 16.5 Å². The number of hydrogen-bond acceptors (Lipinski definition) is 4. The number of hydrogen-bond donors (Lipinski definition) is 2. The van der Waals surface area contributed by atoms with Crippen molar-refractivity contribution >= 4 is 28.5 Å². The summed E-state index contributed by atoms with van der Waals surface area (Å²) in [6.07, 6.45) is 3.85. The molecular weight excluding hydrogens is 296 g/mol. The molecule has 2 N–H and O–H groups in total. The lowest BCUT2D eigenvalue weighted by Crippen LogP contribution is -2.14. The fourth-order valence-corrected chi connectivity index (χ4v) is 2.62. The summed E-state index contributed by atoms with van der Waals surface area (Å²) >= 11 is 0. The van der Waals surface area contributed by atoms with Crippen LogP contribution in [0.15, 0.2) is 36.7 Å². The number of aryl methyl sites for hydroxylation is 1. The van der Waals surface area contributed by atoms with Crippen LogP contribution >= 0.6 is 0 Å². The van der Waals surface area contributed by atoms with E-state index in [-0.39, 0.29) is 5.82 Å². The molecule has 1 atom stereocenters. The summed E-state index contributed by atoms with van der Waals surface area (Å²) in [5.74, 6) is 0.276. The minimum Gasteiger partial charge on any atom is -0.385 e. The van der Waals surface area contributed by atoms with Gasteiger partial charge in [0.05, 0.1) is 0 Å². The number of fused-ring (bicyclic) bond motifs is 1. The third kappa shape index (κ3) is 2.62. The third-order valence-electron chi connectivity index (χ3n) is 3.72. The van der Waals surface area contributed by atoms with Crippen molar-refractivity contribution in [2.24, 2.45) is 0 Å². The van der Waals surface area contributed by atoms with Gasteiger partial charge in [0.15, 0.2) is 5.82 Å². The van der Waals surface area contributed by atoms with Crippen LogP contribution in [-0.4, -0.2) is 30.7 Å². The second-order valence-electron chi connectivity index (χ2n) is 5.29. The van der Waals surface area contributed by atoms with E-state index >= 15 is 0 Å². The van der Waals surface area contributed by atoms with Crippen LogP contribution in [-0.2, 0) is 0 Å². The second-order valence-corrected chi connectivity index (χ2v) is 5.29. The van der Waals surface area contributed by atoms with E-state index in [9.17, 15) is 15.2 Å². The Bertz CT molecular complexity index is 905. The number of rotatable bonds is 4. The first-order valence-electron chi connectivity index (χ1n) is 7.14. The normalized spacial score (nSPS) is 13.4. The van der Waals surface area contributed by atoms with Crippen molar-refractivity contribution in [1.29, 1.82) is 0 Å². The molecule has 23 heavy (non-hydrogen) atoms. The lowest BCUT2D eigenvalue weighted by Gasteiger charge is -2.10. The number of aromatic nitrogens is 3. The minimum absolute atomic E-state index is 0.172. The van der Waals surface area contributed by atoms with Gasteiger partial charge < -0.3 is 20.2 Å². The van der Waals surface area contributed by atoms with Crippen molar-refractivity contribution in [3.8, 4) is 0 Å². The maximum atomic E-state index is 11.2. The number of imidazole rings is 1. The topological polar surface area (TPSA) is 97.0 Å². The van der Waals surface area contributed by atoms with E-state index in [1.54, 1.807) is 19.9 Å². The number of nitrogens with zero attached hydrogens (tertiary/aromatic N) is 3. The largest absolute Gasteiger partial charge is 0.385 e. The number of aromatic amines is 1. The van der Waals surface area contributed by atoms with E-state index < -0.39 is 11.0 Å². The van der Waals surface area contributed by atoms with Crippen molar-refractivity contribution in [3.63, 3.8) is 0 Å². The predicted molar refractivity (Wildman–Crippen MR) is 87.8 cm³/mol. The van der Waals surface area contributed by atoms with Crippen LogP contribution in [0.5, 0.6) is 0 Å². The predicted octanol–water partition coefficient (Wildman–Crippen LogP) is 2.96. The monoisotopic (exact) mass is 312 g/mol. The third-order valence-corrected chi connectivity index (χ3v) is 3.72. The first-order valence-corrected chi connectivity index (χ1v) is 7.14. The molecule has 0 aliphatic heterocycles. The summed E-state index contributed by atoms with van der Waals surface area (Å²) in [7, 11) is 0. The molecule has 0 saturated heterocycles. The van der Waals surface area contributed by atoms with Crippen molar-refractivity contribution < 1.29 is 10.0 Å².